The molecule has 1 fully saturated rings. The van der Waals surface area contributed by atoms with Crippen molar-refractivity contribution < 1.29 is 19.1 Å². The van der Waals surface area contributed by atoms with Gasteiger partial charge in [-0.1, -0.05) is 6.92 Å². The molecule has 132 valence electrons. The van der Waals surface area contributed by atoms with Crippen molar-refractivity contribution in [2.45, 2.75) is 39.2 Å². The van der Waals surface area contributed by atoms with Crippen molar-refractivity contribution in [1.29, 1.82) is 0 Å². The molecule has 1 saturated carbocycles. The fraction of sp³-hybridized carbons (Fsp3) is 0.556. The summed E-state index contributed by atoms with van der Waals surface area (Å²) in [7, 11) is 1.61. The van der Waals surface area contributed by atoms with Crippen LogP contribution in [0.4, 0.5) is 0 Å². The number of carbonyl (C=O) groups excluding carboxylic acids is 2. The highest BCUT2D eigenvalue weighted by Gasteiger charge is 2.56. The predicted molar refractivity (Wildman–Crippen MR) is 91.1 cm³/mol. The first-order chi connectivity index (χ1) is 11.5. The Balaban J connectivity index is 1.73. The van der Waals surface area contributed by atoms with Gasteiger partial charge in [0.25, 0.3) is 0 Å². The summed E-state index contributed by atoms with van der Waals surface area (Å²) >= 11 is 0. The Morgan fingerprint density at radius 1 is 1.17 bits per heavy atom. The molecule has 6 nitrogen and oxygen atoms in total. The highest BCUT2D eigenvalue weighted by Crippen LogP contribution is 2.46. The van der Waals surface area contributed by atoms with Gasteiger partial charge in [-0.25, -0.2) is 0 Å². The molecule has 0 spiro atoms. The van der Waals surface area contributed by atoms with Crippen molar-refractivity contribution in [3.8, 4) is 11.5 Å². The number of hydrogen-bond acceptors (Lipinski definition) is 4. The van der Waals surface area contributed by atoms with Gasteiger partial charge in [-0.05, 0) is 50.5 Å². The van der Waals surface area contributed by atoms with Gasteiger partial charge in [0.2, 0.25) is 11.8 Å². The van der Waals surface area contributed by atoms with Crippen LogP contribution in [0.15, 0.2) is 24.3 Å². The number of carbonyl (C=O) groups is 2. The fourth-order valence-electron chi connectivity index (χ4n) is 2.32. The Kier molecular flexibility index (Phi) is 6.06. The minimum atomic E-state index is -0.871. The van der Waals surface area contributed by atoms with Crippen molar-refractivity contribution in [1.82, 2.24) is 10.6 Å². The topological polar surface area (TPSA) is 76.7 Å². The smallest absolute Gasteiger partial charge is 0.235 e. The van der Waals surface area contributed by atoms with E-state index < -0.39 is 5.41 Å². The quantitative estimate of drug-likeness (QED) is 0.534. The summed E-state index contributed by atoms with van der Waals surface area (Å²) in [4.78, 5) is 24.5. The van der Waals surface area contributed by atoms with Gasteiger partial charge in [0.05, 0.1) is 13.7 Å². The first kappa shape index (κ1) is 18.1. The lowest BCUT2D eigenvalue weighted by Gasteiger charge is -2.18. The Morgan fingerprint density at radius 3 is 2.33 bits per heavy atom. The van der Waals surface area contributed by atoms with E-state index in [0.717, 1.165) is 12.2 Å². The lowest BCUT2D eigenvalue weighted by atomic mass is 10.0. The summed E-state index contributed by atoms with van der Waals surface area (Å²) in [6.07, 6.45) is 2.07. The second kappa shape index (κ2) is 8.04. The van der Waals surface area contributed by atoms with Crippen LogP contribution < -0.4 is 20.1 Å². The van der Waals surface area contributed by atoms with E-state index in [1.165, 1.54) is 0 Å². The molecule has 2 N–H and O–H groups in total. The third kappa shape index (κ3) is 4.40. The minimum absolute atomic E-state index is 0.0844. The zero-order chi connectivity index (χ0) is 17.6. The van der Waals surface area contributed by atoms with E-state index in [0.29, 0.717) is 31.7 Å². The van der Waals surface area contributed by atoms with E-state index in [1.807, 2.05) is 38.1 Å². The molecule has 0 bridgehead atoms. The van der Waals surface area contributed by atoms with Crippen molar-refractivity contribution in [2.75, 3.05) is 20.3 Å². The number of nitrogens with one attached hydrogen (secondary N) is 2. The minimum Gasteiger partial charge on any atom is -0.497 e. The summed E-state index contributed by atoms with van der Waals surface area (Å²) < 4.78 is 10.6. The van der Waals surface area contributed by atoms with Gasteiger partial charge < -0.3 is 20.1 Å². The number of methoxy groups -OCH3 is 1. The maximum absolute atomic E-state index is 12.3. The maximum atomic E-state index is 12.3. The van der Waals surface area contributed by atoms with Gasteiger partial charge in [0.15, 0.2) is 0 Å². The van der Waals surface area contributed by atoms with Crippen LogP contribution in [0.1, 0.15) is 33.1 Å². The van der Waals surface area contributed by atoms with E-state index in [-0.39, 0.29) is 17.9 Å². The lowest BCUT2D eigenvalue weighted by molar-refractivity contribution is -0.137. The largest absolute Gasteiger partial charge is 0.497 e. The Hall–Kier alpha value is -2.24. The van der Waals surface area contributed by atoms with E-state index in [4.69, 9.17) is 9.47 Å². The molecule has 24 heavy (non-hydrogen) atoms. The van der Waals surface area contributed by atoms with Gasteiger partial charge in [-0.3, -0.25) is 9.59 Å². The third-order valence-electron chi connectivity index (χ3n) is 4.32. The molecule has 0 aliphatic heterocycles. The third-order valence-corrected chi connectivity index (χ3v) is 4.32. The molecule has 1 unspecified atom stereocenters. The molecule has 1 aromatic carbocycles. The molecule has 1 aromatic rings. The normalized spacial score (nSPS) is 16.0. The van der Waals surface area contributed by atoms with E-state index in [9.17, 15) is 9.59 Å². The maximum Gasteiger partial charge on any atom is 0.235 e. The van der Waals surface area contributed by atoms with Crippen LogP contribution in [0.3, 0.4) is 0 Å². The van der Waals surface area contributed by atoms with Crippen molar-refractivity contribution in [3.63, 3.8) is 0 Å². The van der Waals surface area contributed by atoms with Gasteiger partial charge in [0, 0.05) is 6.04 Å². The number of hydrogen-bond donors (Lipinski definition) is 2. The molecular formula is C18H26N2O4. The van der Waals surface area contributed by atoms with Crippen LogP contribution in [0, 0.1) is 5.41 Å². The predicted octanol–water partition coefficient (Wildman–Crippen LogP) is 1.89. The average molecular weight is 334 g/mol. The van der Waals surface area contributed by atoms with Gasteiger partial charge in [-0.2, -0.15) is 0 Å². The summed E-state index contributed by atoms with van der Waals surface area (Å²) in [5.41, 5.74) is -0.871. The molecule has 1 atom stereocenters. The van der Waals surface area contributed by atoms with Crippen molar-refractivity contribution >= 4 is 11.8 Å². The van der Waals surface area contributed by atoms with Crippen LogP contribution in [0.25, 0.3) is 0 Å². The van der Waals surface area contributed by atoms with Crippen molar-refractivity contribution in [3.05, 3.63) is 24.3 Å². The first-order valence-corrected chi connectivity index (χ1v) is 8.38. The van der Waals surface area contributed by atoms with E-state index >= 15 is 0 Å². The van der Waals surface area contributed by atoms with Crippen LogP contribution in [0.5, 0.6) is 11.5 Å². The number of rotatable bonds is 9. The molecule has 0 saturated heterocycles. The summed E-state index contributed by atoms with van der Waals surface area (Å²) in [5.74, 6) is 1.10. The van der Waals surface area contributed by atoms with Crippen molar-refractivity contribution in [2.24, 2.45) is 5.41 Å². The van der Waals surface area contributed by atoms with Crippen LogP contribution >= 0.6 is 0 Å². The first-order valence-electron chi connectivity index (χ1n) is 8.38. The average Bonchev–Trinajstić information content (AvgIpc) is 3.41. The molecule has 2 rings (SSSR count). The van der Waals surface area contributed by atoms with Crippen LogP contribution in [-0.4, -0.2) is 38.1 Å². The molecule has 1 aliphatic carbocycles. The highest BCUT2D eigenvalue weighted by molar-refractivity contribution is 6.07. The lowest BCUT2D eigenvalue weighted by Crippen LogP contribution is -2.46. The van der Waals surface area contributed by atoms with Crippen LogP contribution in [-0.2, 0) is 9.59 Å². The molecular weight excluding hydrogens is 308 g/mol. The molecule has 1 aliphatic rings. The number of amides is 2. The van der Waals surface area contributed by atoms with Gasteiger partial charge in [-0.15, -0.1) is 0 Å². The second-order valence-electron chi connectivity index (χ2n) is 6.14. The molecule has 2 amide bonds. The second-order valence-corrected chi connectivity index (χ2v) is 6.14. The Bertz CT molecular complexity index is 567. The van der Waals surface area contributed by atoms with Gasteiger partial charge in [0.1, 0.15) is 23.5 Å². The van der Waals surface area contributed by atoms with E-state index in [1.54, 1.807) is 7.11 Å². The van der Waals surface area contributed by atoms with Gasteiger partial charge >= 0.3 is 0 Å². The Morgan fingerprint density at radius 2 is 1.79 bits per heavy atom. The zero-order valence-electron chi connectivity index (χ0n) is 14.6. The zero-order valence-corrected chi connectivity index (χ0v) is 14.6. The standard InChI is InChI=1S/C18H26N2O4/c1-4-13(2)20-17(22)18(9-10-18)16(21)19-11-12-24-15-7-5-14(23-3)6-8-15/h5-8,13H,4,9-12H2,1-3H3,(H,19,21)(H,20,22). The molecule has 0 heterocycles. The van der Waals surface area contributed by atoms with Crippen LogP contribution in [0.2, 0.25) is 0 Å². The van der Waals surface area contributed by atoms with E-state index in [2.05, 4.69) is 10.6 Å². The monoisotopic (exact) mass is 334 g/mol. The summed E-state index contributed by atoms with van der Waals surface area (Å²) in [5, 5.41) is 5.70. The number of ether oxygens (including phenoxy) is 2. The SMILES string of the molecule is CCC(C)NC(=O)C1(C(=O)NCCOc2ccc(OC)cc2)CC1. The summed E-state index contributed by atoms with van der Waals surface area (Å²) in [6.45, 7) is 4.65. The molecule has 0 radical (unpaired) electrons. The molecule has 6 heteroatoms. The fourth-order valence-corrected chi connectivity index (χ4v) is 2.32. The number of benzene rings is 1. The summed E-state index contributed by atoms with van der Waals surface area (Å²) in [6, 6.07) is 7.32. The Labute approximate surface area is 142 Å². The highest BCUT2D eigenvalue weighted by atomic mass is 16.5. The molecule has 0 aromatic heterocycles.